The molecule has 1 amide bonds. The molecule has 2 aromatic carbocycles. The lowest BCUT2D eigenvalue weighted by atomic mass is 10.1. The SMILES string of the molecule is CCc1cnn(-c2ccc(-n3cc(-c4ccc(NC(C)=O)cc4)nn3)cc2)c1C(F)(F)F. The van der Waals surface area contributed by atoms with Crippen LogP contribution in [0.15, 0.2) is 60.9 Å². The Labute approximate surface area is 181 Å². The summed E-state index contributed by atoms with van der Waals surface area (Å²) in [5, 5.41) is 14.9. The van der Waals surface area contributed by atoms with E-state index in [9.17, 15) is 18.0 Å². The number of rotatable bonds is 5. The molecule has 0 saturated carbocycles. The second-order valence-electron chi connectivity index (χ2n) is 7.10. The first-order valence-electron chi connectivity index (χ1n) is 9.81. The van der Waals surface area contributed by atoms with E-state index < -0.39 is 11.9 Å². The zero-order chi connectivity index (χ0) is 22.9. The maximum Gasteiger partial charge on any atom is 0.433 e. The van der Waals surface area contributed by atoms with Gasteiger partial charge in [0.1, 0.15) is 5.69 Å². The fraction of sp³-hybridized carbons (Fsp3) is 0.182. The number of hydrogen-bond acceptors (Lipinski definition) is 4. The molecular weight excluding hydrogens is 421 g/mol. The van der Waals surface area contributed by atoms with Crippen LogP contribution in [-0.4, -0.2) is 30.7 Å². The summed E-state index contributed by atoms with van der Waals surface area (Å²) in [6, 6.07) is 13.6. The van der Waals surface area contributed by atoms with Crippen molar-refractivity contribution in [2.45, 2.75) is 26.4 Å². The van der Waals surface area contributed by atoms with Gasteiger partial charge in [-0.25, -0.2) is 9.36 Å². The molecule has 0 aliphatic heterocycles. The first kappa shape index (κ1) is 21.3. The van der Waals surface area contributed by atoms with E-state index in [4.69, 9.17) is 0 Å². The molecule has 10 heteroatoms. The molecule has 0 fully saturated rings. The standard InChI is InChI=1S/C22H19F3N6O/c1-3-15-12-26-31(21(15)22(23,24)25)19-10-8-18(9-11-19)30-13-20(28-29-30)16-4-6-17(7-5-16)27-14(2)32/h4-13H,3H2,1-2H3,(H,27,32). The quantitative estimate of drug-likeness (QED) is 0.490. The molecule has 2 heterocycles. The number of nitrogens with one attached hydrogen (secondary N) is 1. The van der Waals surface area contributed by atoms with Crippen LogP contribution >= 0.6 is 0 Å². The number of aryl methyl sites for hydroxylation is 1. The third-order valence-corrected chi connectivity index (χ3v) is 4.85. The summed E-state index contributed by atoms with van der Waals surface area (Å²) in [6.45, 7) is 3.10. The number of carbonyl (C=O) groups excluding carboxylic acids is 1. The minimum atomic E-state index is -4.50. The van der Waals surface area contributed by atoms with Gasteiger partial charge in [0.05, 0.1) is 23.8 Å². The first-order valence-corrected chi connectivity index (χ1v) is 9.81. The second-order valence-corrected chi connectivity index (χ2v) is 7.10. The molecule has 2 aromatic heterocycles. The van der Waals surface area contributed by atoms with Crippen molar-refractivity contribution in [3.8, 4) is 22.6 Å². The number of anilines is 1. The average molecular weight is 440 g/mol. The molecule has 0 bridgehead atoms. The molecule has 0 radical (unpaired) electrons. The third kappa shape index (κ3) is 4.25. The number of aromatic nitrogens is 5. The zero-order valence-corrected chi connectivity index (χ0v) is 17.3. The van der Waals surface area contributed by atoms with Crippen LogP contribution in [0.5, 0.6) is 0 Å². The van der Waals surface area contributed by atoms with Gasteiger partial charge in [0.2, 0.25) is 5.91 Å². The van der Waals surface area contributed by atoms with Crippen molar-refractivity contribution < 1.29 is 18.0 Å². The molecule has 164 valence electrons. The largest absolute Gasteiger partial charge is 0.433 e. The number of hydrogen-bond donors (Lipinski definition) is 1. The number of carbonyl (C=O) groups is 1. The molecule has 0 saturated heterocycles. The molecular formula is C22H19F3N6O. The van der Waals surface area contributed by atoms with E-state index in [1.807, 2.05) is 12.1 Å². The van der Waals surface area contributed by atoms with Crippen LogP contribution in [-0.2, 0) is 17.4 Å². The van der Waals surface area contributed by atoms with E-state index in [2.05, 4.69) is 20.7 Å². The summed E-state index contributed by atoms with van der Waals surface area (Å²) >= 11 is 0. The van der Waals surface area contributed by atoms with Gasteiger partial charge in [-0.15, -0.1) is 5.10 Å². The summed E-state index contributed by atoms with van der Waals surface area (Å²) in [6.07, 6.45) is -1.30. The van der Waals surface area contributed by atoms with E-state index in [1.54, 1.807) is 49.5 Å². The van der Waals surface area contributed by atoms with Crippen LogP contribution < -0.4 is 5.32 Å². The average Bonchev–Trinajstić information content (AvgIpc) is 3.41. The Kier molecular flexibility index (Phi) is 5.52. The van der Waals surface area contributed by atoms with Crippen LogP contribution in [0.4, 0.5) is 18.9 Å². The minimum Gasteiger partial charge on any atom is -0.326 e. The zero-order valence-electron chi connectivity index (χ0n) is 17.3. The molecule has 0 aliphatic rings. The summed E-state index contributed by atoms with van der Waals surface area (Å²) in [5.41, 5.74) is 2.41. The normalized spacial score (nSPS) is 11.5. The van der Waals surface area contributed by atoms with Crippen LogP contribution in [0.1, 0.15) is 25.1 Å². The maximum atomic E-state index is 13.5. The number of benzene rings is 2. The van der Waals surface area contributed by atoms with Crippen molar-refractivity contribution in [1.29, 1.82) is 0 Å². The van der Waals surface area contributed by atoms with Crippen molar-refractivity contribution in [3.05, 3.63) is 72.2 Å². The van der Waals surface area contributed by atoms with E-state index in [-0.39, 0.29) is 17.9 Å². The van der Waals surface area contributed by atoms with Gasteiger partial charge in [-0.2, -0.15) is 18.3 Å². The summed E-state index contributed by atoms with van der Waals surface area (Å²) in [4.78, 5) is 11.1. The molecule has 4 aromatic rings. The second kappa shape index (κ2) is 8.29. The van der Waals surface area contributed by atoms with E-state index in [1.165, 1.54) is 17.8 Å². The Morgan fingerprint density at radius 3 is 2.28 bits per heavy atom. The van der Waals surface area contributed by atoms with Crippen LogP contribution in [0.3, 0.4) is 0 Å². The number of halogens is 3. The topological polar surface area (TPSA) is 77.6 Å². The first-order chi connectivity index (χ1) is 15.3. The van der Waals surface area contributed by atoms with Gasteiger partial charge in [0.15, 0.2) is 5.69 Å². The highest BCUT2D eigenvalue weighted by Crippen LogP contribution is 2.34. The van der Waals surface area contributed by atoms with Gasteiger partial charge in [-0.05, 0) is 42.8 Å². The van der Waals surface area contributed by atoms with Gasteiger partial charge >= 0.3 is 6.18 Å². The fourth-order valence-corrected chi connectivity index (χ4v) is 3.34. The van der Waals surface area contributed by atoms with E-state index in [0.717, 1.165) is 10.2 Å². The highest BCUT2D eigenvalue weighted by Gasteiger charge is 2.38. The monoisotopic (exact) mass is 440 g/mol. The lowest BCUT2D eigenvalue weighted by Gasteiger charge is -2.12. The highest BCUT2D eigenvalue weighted by atomic mass is 19.4. The van der Waals surface area contributed by atoms with Crippen molar-refractivity contribution in [2.24, 2.45) is 0 Å². The molecule has 1 N–H and O–H groups in total. The number of nitrogens with zero attached hydrogens (tertiary/aromatic N) is 5. The van der Waals surface area contributed by atoms with Crippen molar-refractivity contribution in [3.63, 3.8) is 0 Å². The minimum absolute atomic E-state index is 0.145. The molecule has 32 heavy (non-hydrogen) atoms. The Bertz CT molecular complexity index is 1240. The van der Waals surface area contributed by atoms with E-state index >= 15 is 0 Å². The van der Waals surface area contributed by atoms with Gasteiger partial charge in [-0.1, -0.05) is 24.3 Å². The Morgan fingerprint density at radius 2 is 1.69 bits per heavy atom. The molecule has 0 atom stereocenters. The number of amides is 1. The Balaban J connectivity index is 1.58. The third-order valence-electron chi connectivity index (χ3n) is 4.85. The fourth-order valence-electron chi connectivity index (χ4n) is 3.34. The Morgan fingerprint density at radius 1 is 1.03 bits per heavy atom. The highest BCUT2D eigenvalue weighted by molar-refractivity contribution is 5.88. The Hall–Kier alpha value is -3.95. The van der Waals surface area contributed by atoms with Gasteiger partial charge in [0, 0.05) is 23.7 Å². The van der Waals surface area contributed by atoms with Crippen LogP contribution in [0, 0.1) is 0 Å². The summed E-state index contributed by atoms with van der Waals surface area (Å²) in [5.74, 6) is -0.157. The van der Waals surface area contributed by atoms with Crippen molar-refractivity contribution >= 4 is 11.6 Å². The molecule has 4 rings (SSSR count). The molecule has 0 spiro atoms. The van der Waals surface area contributed by atoms with Gasteiger partial charge in [0.25, 0.3) is 0 Å². The maximum absolute atomic E-state index is 13.5. The van der Waals surface area contributed by atoms with E-state index in [0.29, 0.717) is 22.8 Å². The molecule has 7 nitrogen and oxygen atoms in total. The molecule has 0 unspecified atom stereocenters. The van der Waals surface area contributed by atoms with Crippen molar-refractivity contribution in [2.75, 3.05) is 5.32 Å². The lowest BCUT2D eigenvalue weighted by molar-refractivity contribution is -0.143. The lowest BCUT2D eigenvalue weighted by Crippen LogP contribution is -2.15. The van der Waals surface area contributed by atoms with Gasteiger partial charge in [-0.3, -0.25) is 4.79 Å². The number of alkyl halides is 3. The molecule has 0 aliphatic carbocycles. The van der Waals surface area contributed by atoms with Crippen LogP contribution in [0.25, 0.3) is 22.6 Å². The summed E-state index contributed by atoms with van der Waals surface area (Å²) < 4.78 is 43.0. The predicted molar refractivity (Wildman–Crippen MR) is 113 cm³/mol. The van der Waals surface area contributed by atoms with Crippen LogP contribution in [0.2, 0.25) is 0 Å². The van der Waals surface area contributed by atoms with Gasteiger partial charge < -0.3 is 5.32 Å². The summed E-state index contributed by atoms with van der Waals surface area (Å²) in [7, 11) is 0. The van der Waals surface area contributed by atoms with Crippen molar-refractivity contribution in [1.82, 2.24) is 24.8 Å². The smallest absolute Gasteiger partial charge is 0.326 e. The predicted octanol–water partition coefficient (Wildman–Crippen LogP) is 4.66.